The van der Waals surface area contributed by atoms with Crippen molar-refractivity contribution in [1.82, 2.24) is 4.98 Å². The normalized spacial score (nSPS) is 10.8. The average molecular weight is 375 g/mol. The lowest BCUT2D eigenvalue weighted by molar-refractivity contribution is 0.796. The van der Waals surface area contributed by atoms with Gasteiger partial charge in [-0.3, -0.25) is 0 Å². The van der Waals surface area contributed by atoms with E-state index in [4.69, 9.17) is 17.2 Å². The molecule has 1 heterocycles. The Labute approximate surface area is 162 Å². The molecule has 0 aliphatic carbocycles. The zero-order valence-electron chi connectivity index (χ0n) is 14.2. The van der Waals surface area contributed by atoms with Crippen LogP contribution >= 0.6 is 23.6 Å². The first-order chi connectivity index (χ1) is 12.8. The first-order valence-corrected chi connectivity index (χ1v) is 9.75. The zero-order valence-corrected chi connectivity index (χ0v) is 15.8. The lowest BCUT2D eigenvalue weighted by Crippen LogP contribution is -2.22. The molecule has 0 amide bonds. The van der Waals surface area contributed by atoms with E-state index in [1.54, 1.807) is 11.3 Å². The van der Waals surface area contributed by atoms with Crippen LogP contribution in [0.15, 0.2) is 84.9 Å². The second-order valence-corrected chi connectivity index (χ2v) is 7.77. The monoisotopic (exact) mass is 374 g/mol. The Bertz CT molecular complexity index is 1020. The highest BCUT2D eigenvalue weighted by atomic mass is 32.1. The van der Waals surface area contributed by atoms with Crippen LogP contribution in [0.4, 0.5) is 5.13 Å². The molecule has 4 heteroatoms. The van der Waals surface area contributed by atoms with E-state index in [1.165, 1.54) is 11.1 Å². The van der Waals surface area contributed by atoms with Gasteiger partial charge in [0.15, 0.2) is 5.13 Å². The maximum absolute atomic E-state index is 5.64. The Morgan fingerprint density at radius 2 is 1.27 bits per heavy atom. The minimum Gasteiger partial charge on any atom is -0.339 e. The van der Waals surface area contributed by atoms with Crippen molar-refractivity contribution in [3.8, 4) is 0 Å². The highest BCUT2D eigenvalue weighted by Crippen LogP contribution is 2.28. The van der Waals surface area contributed by atoms with Crippen molar-refractivity contribution in [3.63, 3.8) is 0 Å². The molecule has 4 rings (SSSR count). The smallest absolute Gasteiger partial charge is 0.187 e. The molecule has 0 saturated carbocycles. The maximum atomic E-state index is 5.64. The Hall–Kier alpha value is -2.56. The van der Waals surface area contributed by atoms with E-state index in [9.17, 15) is 0 Å². The molecule has 0 fully saturated rings. The molecule has 0 aliphatic rings. The van der Waals surface area contributed by atoms with Crippen molar-refractivity contribution >= 4 is 39.6 Å². The molecule has 0 radical (unpaired) electrons. The molecule has 0 unspecified atom stereocenters. The van der Waals surface area contributed by atoms with Gasteiger partial charge in [-0.25, -0.2) is 4.98 Å². The van der Waals surface area contributed by atoms with Crippen molar-refractivity contribution in [2.75, 3.05) is 4.90 Å². The molecule has 128 valence electrons. The number of fused-ring (bicyclic) bond motifs is 1. The molecule has 26 heavy (non-hydrogen) atoms. The molecular formula is C22H18N2S2. The van der Waals surface area contributed by atoms with E-state index in [2.05, 4.69) is 53.4 Å². The van der Waals surface area contributed by atoms with Gasteiger partial charge in [0.2, 0.25) is 0 Å². The van der Waals surface area contributed by atoms with Crippen LogP contribution < -0.4 is 4.90 Å². The summed E-state index contributed by atoms with van der Waals surface area (Å²) in [5.74, 6) is 0. The predicted octanol–water partition coefficient (Wildman–Crippen LogP) is 6.23. The number of anilines is 1. The Morgan fingerprint density at radius 3 is 1.88 bits per heavy atom. The third-order valence-corrected chi connectivity index (χ3v) is 5.63. The summed E-state index contributed by atoms with van der Waals surface area (Å²) in [4.78, 5) is 7.21. The quantitative estimate of drug-likeness (QED) is 0.385. The van der Waals surface area contributed by atoms with Gasteiger partial charge in [0.1, 0.15) is 3.82 Å². The number of rotatable bonds is 5. The van der Waals surface area contributed by atoms with Crippen LogP contribution in [0.5, 0.6) is 0 Å². The van der Waals surface area contributed by atoms with E-state index >= 15 is 0 Å². The number of benzene rings is 3. The van der Waals surface area contributed by atoms with Crippen LogP contribution in [0.1, 0.15) is 11.1 Å². The molecule has 0 atom stereocenters. The van der Waals surface area contributed by atoms with Crippen LogP contribution in [-0.4, -0.2) is 4.98 Å². The van der Waals surface area contributed by atoms with Crippen LogP contribution in [0, 0.1) is 3.82 Å². The van der Waals surface area contributed by atoms with Crippen LogP contribution in [-0.2, 0) is 13.1 Å². The van der Waals surface area contributed by atoms with E-state index in [0.29, 0.717) is 0 Å². The molecule has 0 spiro atoms. The van der Waals surface area contributed by atoms with E-state index < -0.39 is 0 Å². The molecule has 1 aromatic heterocycles. The molecule has 0 N–H and O–H groups in total. The molecule has 0 aliphatic heterocycles. The molecular weight excluding hydrogens is 356 g/mol. The summed E-state index contributed by atoms with van der Waals surface area (Å²) in [5, 5.41) is 2.01. The summed E-state index contributed by atoms with van der Waals surface area (Å²) >= 11 is 7.22. The van der Waals surface area contributed by atoms with Crippen LogP contribution in [0.25, 0.3) is 10.9 Å². The Kier molecular flexibility index (Phi) is 5.04. The number of aromatic nitrogens is 1. The summed E-state index contributed by atoms with van der Waals surface area (Å²) < 4.78 is 0.886. The Morgan fingerprint density at radius 1 is 0.731 bits per heavy atom. The lowest BCUT2D eigenvalue weighted by atomic mass is 10.2. The summed E-state index contributed by atoms with van der Waals surface area (Å²) in [6.07, 6.45) is 0. The topological polar surface area (TPSA) is 16.1 Å². The fourth-order valence-corrected chi connectivity index (χ4v) is 4.19. The fraction of sp³-hybridized carbons (Fsp3) is 0.0909. The minimum absolute atomic E-state index is 0.798. The lowest BCUT2D eigenvalue weighted by Gasteiger charge is -2.23. The molecule has 3 aromatic carbocycles. The van der Waals surface area contributed by atoms with Gasteiger partial charge in [0, 0.05) is 18.5 Å². The third-order valence-electron chi connectivity index (χ3n) is 4.23. The highest BCUT2D eigenvalue weighted by molar-refractivity contribution is 7.74. The molecule has 4 aromatic rings. The van der Waals surface area contributed by atoms with E-state index in [1.807, 2.05) is 36.4 Å². The van der Waals surface area contributed by atoms with E-state index in [-0.39, 0.29) is 0 Å². The Balaban J connectivity index is 1.75. The van der Waals surface area contributed by atoms with Gasteiger partial charge >= 0.3 is 0 Å². The van der Waals surface area contributed by atoms with Gasteiger partial charge in [0.25, 0.3) is 0 Å². The molecule has 0 bridgehead atoms. The summed E-state index contributed by atoms with van der Waals surface area (Å²) in [7, 11) is 0. The third kappa shape index (κ3) is 3.82. The molecule has 2 nitrogen and oxygen atoms in total. The van der Waals surface area contributed by atoms with Gasteiger partial charge in [-0.05, 0) is 17.2 Å². The summed E-state index contributed by atoms with van der Waals surface area (Å²) in [6, 6.07) is 29.1. The van der Waals surface area contributed by atoms with Crippen molar-refractivity contribution in [2.45, 2.75) is 13.1 Å². The van der Waals surface area contributed by atoms with Gasteiger partial charge in [-0.15, -0.1) is 0 Å². The number of nitrogens with zero attached hydrogens (tertiary/aromatic N) is 2. The van der Waals surface area contributed by atoms with Gasteiger partial charge in [-0.1, -0.05) is 102 Å². The fourth-order valence-electron chi connectivity index (χ4n) is 2.94. The SMILES string of the molecule is S=c1sc(N(Cc2ccccc2)Cc2ccccc2)nc2ccccc12. The summed E-state index contributed by atoms with van der Waals surface area (Å²) in [5.41, 5.74) is 3.48. The van der Waals surface area contributed by atoms with Crippen molar-refractivity contribution in [2.24, 2.45) is 0 Å². The van der Waals surface area contributed by atoms with Crippen molar-refractivity contribution in [1.29, 1.82) is 0 Å². The zero-order chi connectivity index (χ0) is 17.8. The first-order valence-electron chi connectivity index (χ1n) is 8.52. The predicted molar refractivity (Wildman–Crippen MR) is 113 cm³/mol. The standard InChI is InChI=1S/C22H18N2S2/c25-21-19-13-7-8-14-20(19)23-22(26-21)24(15-17-9-3-1-4-10-17)16-18-11-5-2-6-12-18/h1-14H,15-16H2. The number of para-hydroxylation sites is 1. The minimum atomic E-state index is 0.798. The number of hydrogen-bond donors (Lipinski definition) is 0. The second-order valence-electron chi connectivity index (χ2n) is 6.13. The first kappa shape index (κ1) is 16.9. The van der Waals surface area contributed by atoms with Gasteiger partial charge in [-0.2, -0.15) is 0 Å². The maximum Gasteiger partial charge on any atom is 0.187 e. The average Bonchev–Trinajstić information content (AvgIpc) is 2.69. The largest absolute Gasteiger partial charge is 0.339 e. The highest BCUT2D eigenvalue weighted by Gasteiger charge is 2.12. The summed E-state index contributed by atoms with van der Waals surface area (Å²) in [6.45, 7) is 1.60. The van der Waals surface area contributed by atoms with Gasteiger partial charge < -0.3 is 4.90 Å². The van der Waals surface area contributed by atoms with Gasteiger partial charge in [0.05, 0.1) is 5.52 Å². The van der Waals surface area contributed by atoms with E-state index in [0.717, 1.165) is 32.9 Å². The second kappa shape index (κ2) is 7.77. The number of hydrogen-bond acceptors (Lipinski definition) is 4. The van der Waals surface area contributed by atoms with Crippen molar-refractivity contribution < 1.29 is 0 Å². The molecule has 0 saturated heterocycles. The van der Waals surface area contributed by atoms with Crippen molar-refractivity contribution in [3.05, 3.63) is 99.9 Å². The van der Waals surface area contributed by atoms with Crippen LogP contribution in [0.2, 0.25) is 0 Å². The van der Waals surface area contributed by atoms with Crippen LogP contribution in [0.3, 0.4) is 0 Å².